The van der Waals surface area contributed by atoms with E-state index in [0.29, 0.717) is 5.69 Å². The minimum absolute atomic E-state index is 0. The molecular formula is C14H26Cl2N4O. The molecule has 0 aromatic carbocycles. The first-order chi connectivity index (χ1) is 8.99. The van der Waals surface area contributed by atoms with Crippen LogP contribution in [-0.2, 0) is 4.79 Å². The van der Waals surface area contributed by atoms with E-state index in [1.807, 2.05) is 26.0 Å². The molecule has 122 valence electrons. The van der Waals surface area contributed by atoms with E-state index in [2.05, 4.69) is 29.0 Å². The Labute approximate surface area is 139 Å². The molecule has 0 saturated heterocycles. The number of nitrogens with zero attached hydrogens (tertiary/aromatic N) is 2. The highest BCUT2D eigenvalue weighted by atomic mass is 35.5. The van der Waals surface area contributed by atoms with Gasteiger partial charge in [-0.2, -0.15) is 0 Å². The molecule has 1 aromatic rings. The summed E-state index contributed by atoms with van der Waals surface area (Å²) < 4.78 is 0. The molecule has 3 N–H and O–H groups in total. The standard InChI is InChI=1S/C14H24N4O.2ClH/c1-5-18(6-2)13-8-7-12(9-16-13)17-14(19)10(3)11(4)15;;/h7-11H,5-6,15H2,1-4H3,(H,17,19);2*1H. The van der Waals surface area contributed by atoms with E-state index >= 15 is 0 Å². The lowest BCUT2D eigenvalue weighted by Crippen LogP contribution is -2.34. The summed E-state index contributed by atoms with van der Waals surface area (Å²) in [6, 6.07) is 3.62. The number of carbonyl (C=O) groups excluding carboxylic acids is 1. The summed E-state index contributed by atoms with van der Waals surface area (Å²) in [5.41, 5.74) is 6.41. The first kappa shape index (κ1) is 22.2. The predicted octanol–water partition coefficient (Wildman–Crippen LogP) is 2.69. The highest BCUT2D eigenvalue weighted by Crippen LogP contribution is 2.15. The van der Waals surface area contributed by atoms with Gasteiger partial charge in [0, 0.05) is 19.1 Å². The van der Waals surface area contributed by atoms with Crippen LogP contribution < -0.4 is 16.0 Å². The smallest absolute Gasteiger partial charge is 0.228 e. The van der Waals surface area contributed by atoms with Crippen molar-refractivity contribution >= 4 is 42.2 Å². The van der Waals surface area contributed by atoms with Crippen LogP contribution in [0.1, 0.15) is 27.7 Å². The number of nitrogens with one attached hydrogen (secondary N) is 1. The van der Waals surface area contributed by atoms with Gasteiger partial charge in [0.25, 0.3) is 0 Å². The van der Waals surface area contributed by atoms with Crippen LogP contribution in [0, 0.1) is 5.92 Å². The zero-order chi connectivity index (χ0) is 14.4. The Bertz CT molecular complexity index is 408. The normalized spacial score (nSPS) is 12.4. The van der Waals surface area contributed by atoms with Gasteiger partial charge in [-0.05, 0) is 32.9 Å². The number of hydrogen-bond donors (Lipinski definition) is 2. The molecule has 1 heterocycles. The van der Waals surface area contributed by atoms with Gasteiger partial charge < -0.3 is 16.0 Å². The number of carbonyl (C=O) groups is 1. The summed E-state index contributed by atoms with van der Waals surface area (Å²) in [4.78, 5) is 18.4. The molecule has 1 amide bonds. The van der Waals surface area contributed by atoms with Gasteiger partial charge in [0.2, 0.25) is 5.91 Å². The fourth-order valence-electron chi connectivity index (χ4n) is 1.69. The van der Waals surface area contributed by atoms with Gasteiger partial charge in [0.15, 0.2) is 0 Å². The van der Waals surface area contributed by atoms with Gasteiger partial charge in [-0.15, -0.1) is 24.8 Å². The Hall–Kier alpha value is -1.04. The van der Waals surface area contributed by atoms with Crippen LogP contribution >= 0.6 is 24.8 Å². The zero-order valence-electron chi connectivity index (χ0n) is 13.0. The quantitative estimate of drug-likeness (QED) is 0.837. The minimum atomic E-state index is -0.220. The fourth-order valence-corrected chi connectivity index (χ4v) is 1.69. The lowest BCUT2D eigenvalue weighted by atomic mass is 10.0. The summed E-state index contributed by atoms with van der Waals surface area (Å²) in [7, 11) is 0. The minimum Gasteiger partial charge on any atom is -0.357 e. The van der Waals surface area contributed by atoms with E-state index in [0.717, 1.165) is 18.9 Å². The second-order valence-electron chi connectivity index (χ2n) is 4.71. The molecule has 1 rings (SSSR count). The number of amides is 1. The van der Waals surface area contributed by atoms with E-state index in [1.54, 1.807) is 6.20 Å². The molecule has 5 nitrogen and oxygen atoms in total. The molecule has 0 radical (unpaired) electrons. The number of anilines is 2. The molecule has 0 aliphatic heterocycles. The summed E-state index contributed by atoms with van der Waals surface area (Å²) in [6.45, 7) is 9.65. The van der Waals surface area contributed by atoms with Gasteiger partial charge >= 0.3 is 0 Å². The Kier molecular flexibility index (Phi) is 11.3. The maximum Gasteiger partial charge on any atom is 0.228 e. The third-order valence-corrected chi connectivity index (χ3v) is 3.31. The Morgan fingerprint density at radius 3 is 2.24 bits per heavy atom. The van der Waals surface area contributed by atoms with Crippen LogP contribution in [-0.4, -0.2) is 30.0 Å². The SMILES string of the molecule is CCN(CC)c1ccc(NC(=O)C(C)C(C)N)cn1.Cl.Cl. The van der Waals surface area contributed by atoms with Gasteiger partial charge in [-0.3, -0.25) is 4.79 Å². The Morgan fingerprint density at radius 1 is 1.29 bits per heavy atom. The lowest BCUT2D eigenvalue weighted by molar-refractivity contribution is -0.119. The average Bonchev–Trinajstić information content (AvgIpc) is 2.41. The maximum absolute atomic E-state index is 11.9. The first-order valence-corrected chi connectivity index (χ1v) is 6.77. The molecule has 2 unspecified atom stereocenters. The number of pyridine rings is 1. The summed E-state index contributed by atoms with van der Waals surface area (Å²) in [5, 5.41) is 2.83. The van der Waals surface area contributed by atoms with Crippen molar-refractivity contribution in [2.75, 3.05) is 23.3 Å². The predicted molar refractivity (Wildman–Crippen MR) is 93.7 cm³/mol. The van der Waals surface area contributed by atoms with Crippen LogP contribution in [0.3, 0.4) is 0 Å². The molecule has 0 bridgehead atoms. The third kappa shape index (κ3) is 6.50. The molecule has 0 fully saturated rings. The van der Waals surface area contributed by atoms with Crippen molar-refractivity contribution in [3.8, 4) is 0 Å². The van der Waals surface area contributed by atoms with Gasteiger partial charge in [-0.1, -0.05) is 6.92 Å². The number of hydrogen-bond acceptors (Lipinski definition) is 4. The number of nitrogens with two attached hydrogens (primary N) is 1. The highest BCUT2D eigenvalue weighted by Gasteiger charge is 2.17. The number of halogens is 2. The fraction of sp³-hybridized carbons (Fsp3) is 0.571. The molecule has 2 atom stereocenters. The van der Waals surface area contributed by atoms with Crippen molar-refractivity contribution in [3.63, 3.8) is 0 Å². The Morgan fingerprint density at radius 2 is 1.86 bits per heavy atom. The van der Waals surface area contributed by atoms with Crippen molar-refractivity contribution in [1.82, 2.24) is 4.98 Å². The first-order valence-electron chi connectivity index (χ1n) is 6.77. The second-order valence-corrected chi connectivity index (χ2v) is 4.71. The second kappa shape index (κ2) is 10.7. The molecule has 0 aliphatic carbocycles. The molecule has 0 saturated carbocycles. The van der Waals surface area contributed by atoms with E-state index in [1.165, 1.54) is 0 Å². The van der Waals surface area contributed by atoms with Gasteiger partial charge in [-0.25, -0.2) is 4.98 Å². The van der Waals surface area contributed by atoms with E-state index in [9.17, 15) is 4.79 Å². The van der Waals surface area contributed by atoms with E-state index in [-0.39, 0.29) is 42.7 Å². The number of aromatic nitrogens is 1. The molecular weight excluding hydrogens is 311 g/mol. The topological polar surface area (TPSA) is 71.2 Å². The van der Waals surface area contributed by atoms with Crippen molar-refractivity contribution < 1.29 is 4.79 Å². The van der Waals surface area contributed by atoms with Crippen molar-refractivity contribution in [2.24, 2.45) is 11.7 Å². The molecule has 7 heteroatoms. The van der Waals surface area contributed by atoms with Crippen LogP contribution in [0.5, 0.6) is 0 Å². The maximum atomic E-state index is 11.9. The van der Waals surface area contributed by atoms with Crippen LogP contribution in [0.15, 0.2) is 18.3 Å². The molecule has 0 spiro atoms. The van der Waals surface area contributed by atoms with E-state index < -0.39 is 0 Å². The van der Waals surface area contributed by atoms with Gasteiger partial charge in [0.1, 0.15) is 5.82 Å². The molecule has 21 heavy (non-hydrogen) atoms. The lowest BCUT2D eigenvalue weighted by Gasteiger charge is -2.20. The van der Waals surface area contributed by atoms with Crippen LogP contribution in [0.4, 0.5) is 11.5 Å². The van der Waals surface area contributed by atoms with Crippen LogP contribution in [0.25, 0.3) is 0 Å². The van der Waals surface area contributed by atoms with Crippen molar-refractivity contribution in [2.45, 2.75) is 33.7 Å². The summed E-state index contributed by atoms with van der Waals surface area (Å²) in [6.07, 6.45) is 1.68. The monoisotopic (exact) mass is 336 g/mol. The molecule has 0 aliphatic rings. The van der Waals surface area contributed by atoms with Crippen molar-refractivity contribution in [1.29, 1.82) is 0 Å². The van der Waals surface area contributed by atoms with Crippen molar-refractivity contribution in [3.05, 3.63) is 18.3 Å². The summed E-state index contributed by atoms with van der Waals surface area (Å²) >= 11 is 0. The number of rotatable bonds is 6. The largest absolute Gasteiger partial charge is 0.357 e. The van der Waals surface area contributed by atoms with E-state index in [4.69, 9.17) is 5.73 Å². The van der Waals surface area contributed by atoms with Crippen LogP contribution in [0.2, 0.25) is 0 Å². The molecule has 1 aromatic heterocycles. The highest BCUT2D eigenvalue weighted by molar-refractivity contribution is 5.92. The van der Waals surface area contributed by atoms with Gasteiger partial charge in [0.05, 0.1) is 17.8 Å². The zero-order valence-corrected chi connectivity index (χ0v) is 14.6. The summed E-state index contributed by atoms with van der Waals surface area (Å²) in [5.74, 6) is 0.623. The third-order valence-electron chi connectivity index (χ3n) is 3.31. The Balaban J connectivity index is 0. The average molecular weight is 337 g/mol.